The molecule has 0 aliphatic rings. The van der Waals surface area contributed by atoms with Crippen molar-refractivity contribution in [3.05, 3.63) is 89.7 Å². The number of carbonyl (C=O) groups is 2. The van der Waals surface area contributed by atoms with E-state index in [1.54, 1.807) is 24.3 Å². The van der Waals surface area contributed by atoms with Gasteiger partial charge in [0.25, 0.3) is 11.8 Å². The fourth-order valence-electron chi connectivity index (χ4n) is 2.76. The largest absolute Gasteiger partial charge is 0.352 e. The van der Waals surface area contributed by atoms with E-state index in [-0.39, 0.29) is 11.8 Å². The SMILES string of the molecule is NCCCNC(=O)c1ccc(CNC(=O)c2ccc(-n3cccc3)cc2)cc1. The third kappa shape index (κ3) is 5.08. The van der Waals surface area contributed by atoms with Crippen molar-refractivity contribution in [2.75, 3.05) is 13.1 Å². The van der Waals surface area contributed by atoms with Gasteiger partial charge in [0, 0.05) is 42.3 Å². The van der Waals surface area contributed by atoms with Crippen LogP contribution in [0.3, 0.4) is 0 Å². The van der Waals surface area contributed by atoms with Crippen LogP contribution in [0.2, 0.25) is 0 Å². The van der Waals surface area contributed by atoms with Crippen molar-refractivity contribution in [3.8, 4) is 5.69 Å². The van der Waals surface area contributed by atoms with E-state index in [2.05, 4.69) is 10.6 Å². The number of hydrogen-bond acceptors (Lipinski definition) is 3. The third-order valence-electron chi connectivity index (χ3n) is 4.37. The van der Waals surface area contributed by atoms with Gasteiger partial charge in [0.05, 0.1) is 0 Å². The van der Waals surface area contributed by atoms with Gasteiger partial charge in [-0.3, -0.25) is 9.59 Å². The minimum atomic E-state index is -0.136. The first-order valence-corrected chi connectivity index (χ1v) is 9.26. The van der Waals surface area contributed by atoms with Crippen molar-refractivity contribution in [2.45, 2.75) is 13.0 Å². The quantitative estimate of drug-likeness (QED) is 0.528. The summed E-state index contributed by atoms with van der Waals surface area (Å²) in [6.07, 6.45) is 4.66. The summed E-state index contributed by atoms with van der Waals surface area (Å²) in [5.41, 5.74) is 8.54. The number of carbonyl (C=O) groups excluding carboxylic acids is 2. The van der Waals surface area contributed by atoms with Gasteiger partial charge in [0.2, 0.25) is 0 Å². The van der Waals surface area contributed by atoms with Crippen molar-refractivity contribution in [1.82, 2.24) is 15.2 Å². The molecule has 144 valence electrons. The van der Waals surface area contributed by atoms with E-state index in [4.69, 9.17) is 5.73 Å². The maximum Gasteiger partial charge on any atom is 0.251 e. The summed E-state index contributed by atoms with van der Waals surface area (Å²) < 4.78 is 1.98. The molecule has 1 aromatic heterocycles. The molecule has 3 aromatic rings. The van der Waals surface area contributed by atoms with E-state index in [9.17, 15) is 9.59 Å². The van der Waals surface area contributed by atoms with Gasteiger partial charge in [-0.2, -0.15) is 0 Å². The maximum absolute atomic E-state index is 12.3. The highest BCUT2D eigenvalue weighted by atomic mass is 16.2. The first kappa shape index (κ1) is 19.4. The molecule has 28 heavy (non-hydrogen) atoms. The van der Waals surface area contributed by atoms with Crippen LogP contribution < -0.4 is 16.4 Å². The highest BCUT2D eigenvalue weighted by Gasteiger charge is 2.07. The van der Waals surface area contributed by atoms with E-state index in [1.165, 1.54) is 0 Å². The summed E-state index contributed by atoms with van der Waals surface area (Å²) in [7, 11) is 0. The van der Waals surface area contributed by atoms with E-state index in [0.717, 1.165) is 17.7 Å². The Balaban J connectivity index is 1.52. The first-order valence-electron chi connectivity index (χ1n) is 9.26. The number of rotatable bonds is 8. The van der Waals surface area contributed by atoms with E-state index in [1.807, 2.05) is 53.4 Å². The normalized spacial score (nSPS) is 10.5. The molecule has 6 nitrogen and oxygen atoms in total. The Labute approximate surface area is 164 Å². The topological polar surface area (TPSA) is 89.2 Å². The second-order valence-electron chi connectivity index (χ2n) is 6.41. The zero-order valence-corrected chi connectivity index (χ0v) is 15.6. The fraction of sp³-hybridized carbons (Fsp3) is 0.182. The van der Waals surface area contributed by atoms with Crippen LogP contribution in [-0.4, -0.2) is 29.5 Å². The van der Waals surface area contributed by atoms with Crippen molar-refractivity contribution >= 4 is 11.8 Å². The van der Waals surface area contributed by atoms with E-state index < -0.39 is 0 Å². The summed E-state index contributed by atoms with van der Waals surface area (Å²) in [4.78, 5) is 24.3. The number of amides is 2. The van der Waals surface area contributed by atoms with Gasteiger partial charge >= 0.3 is 0 Å². The molecule has 0 unspecified atom stereocenters. The average molecular weight is 376 g/mol. The van der Waals surface area contributed by atoms with E-state index in [0.29, 0.717) is 30.8 Å². The second kappa shape index (κ2) is 9.53. The predicted molar refractivity (Wildman–Crippen MR) is 109 cm³/mol. The van der Waals surface area contributed by atoms with Crippen molar-refractivity contribution < 1.29 is 9.59 Å². The van der Waals surface area contributed by atoms with Crippen LogP contribution in [-0.2, 0) is 6.54 Å². The predicted octanol–water partition coefficient (Wildman–Crippen LogP) is 2.49. The van der Waals surface area contributed by atoms with Gasteiger partial charge in [0.1, 0.15) is 0 Å². The fourth-order valence-corrected chi connectivity index (χ4v) is 2.76. The summed E-state index contributed by atoms with van der Waals surface area (Å²) >= 11 is 0. The monoisotopic (exact) mass is 376 g/mol. The molecule has 0 saturated heterocycles. The second-order valence-corrected chi connectivity index (χ2v) is 6.41. The number of benzene rings is 2. The minimum Gasteiger partial charge on any atom is -0.352 e. The lowest BCUT2D eigenvalue weighted by Gasteiger charge is -2.08. The van der Waals surface area contributed by atoms with Gasteiger partial charge in [-0.05, 0) is 67.1 Å². The standard InChI is InChI=1S/C22H24N4O2/c23-12-3-13-24-21(27)18-6-4-17(5-7-18)16-25-22(28)19-8-10-20(11-9-19)26-14-1-2-15-26/h1-2,4-11,14-15H,3,12-13,16,23H2,(H,24,27)(H,25,28). The molecule has 0 fully saturated rings. The molecule has 0 bridgehead atoms. The number of hydrogen-bond donors (Lipinski definition) is 3. The van der Waals surface area contributed by atoms with E-state index >= 15 is 0 Å². The summed E-state index contributed by atoms with van der Waals surface area (Å²) in [6.45, 7) is 1.51. The Hall–Kier alpha value is -3.38. The highest BCUT2D eigenvalue weighted by Crippen LogP contribution is 2.10. The lowest BCUT2D eigenvalue weighted by atomic mass is 10.1. The van der Waals surface area contributed by atoms with Crippen molar-refractivity contribution in [3.63, 3.8) is 0 Å². The van der Waals surface area contributed by atoms with Crippen molar-refractivity contribution in [2.24, 2.45) is 5.73 Å². The molecule has 4 N–H and O–H groups in total. The number of nitrogens with zero attached hydrogens (tertiary/aromatic N) is 1. The number of aromatic nitrogens is 1. The molecule has 0 spiro atoms. The van der Waals surface area contributed by atoms with Crippen LogP contribution in [0.25, 0.3) is 5.69 Å². The van der Waals surface area contributed by atoms with Crippen LogP contribution in [0.4, 0.5) is 0 Å². The van der Waals surface area contributed by atoms with Crippen LogP contribution in [0.15, 0.2) is 73.1 Å². The lowest BCUT2D eigenvalue weighted by Crippen LogP contribution is -2.26. The first-order chi connectivity index (χ1) is 13.7. The zero-order chi connectivity index (χ0) is 19.8. The van der Waals surface area contributed by atoms with Gasteiger partial charge in [-0.25, -0.2) is 0 Å². The lowest BCUT2D eigenvalue weighted by molar-refractivity contribution is 0.0943. The Morgan fingerprint density at radius 1 is 0.821 bits per heavy atom. The molecule has 3 rings (SSSR count). The van der Waals surface area contributed by atoms with Crippen LogP contribution in [0, 0.1) is 0 Å². The van der Waals surface area contributed by atoms with Gasteiger partial charge in [-0.15, -0.1) is 0 Å². The number of nitrogens with one attached hydrogen (secondary N) is 2. The molecule has 0 atom stereocenters. The van der Waals surface area contributed by atoms with Gasteiger partial charge < -0.3 is 20.9 Å². The Morgan fingerprint density at radius 2 is 1.39 bits per heavy atom. The molecule has 0 aliphatic carbocycles. The maximum atomic E-state index is 12.3. The Morgan fingerprint density at radius 3 is 2.00 bits per heavy atom. The molecular weight excluding hydrogens is 352 g/mol. The third-order valence-corrected chi connectivity index (χ3v) is 4.37. The molecule has 6 heteroatoms. The summed E-state index contributed by atoms with van der Waals surface area (Å²) in [5, 5.41) is 5.72. The van der Waals surface area contributed by atoms with Crippen LogP contribution in [0.5, 0.6) is 0 Å². The molecule has 0 aliphatic heterocycles. The van der Waals surface area contributed by atoms with Gasteiger partial charge in [-0.1, -0.05) is 12.1 Å². The van der Waals surface area contributed by atoms with Crippen LogP contribution >= 0.6 is 0 Å². The molecule has 0 saturated carbocycles. The van der Waals surface area contributed by atoms with Crippen molar-refractivity contribution in [1.29, 1.82) is 0 Å². The summed E-state index contributed by atoms with van der Waals surface area (Å²) in [5.74, 6) is -0.255. The molecule has 2 amide bonds. The zero-order valence-electron chi connectivity index (χ0n) is 15.6. The molecule has 1 heterocycles. The molecular formula is C22H24N4O2. The molecule has 0 radical (unpaired) electrons. The highest BCUT2D eigenvalue weighted by molar-refractivity contribution is 5.95. The number of nitrogens with two attached hydrogens (primary N) is 1. The minimum absolute atomic E-state index is 0.119. The average Bonchev–Trinajstić information content (AvgIpc) is 3.27. The van der Waals surface area contributed by atoms with Gasteiger partial charge in [0.15, 0.2) is 0 Å². The smallest absolute Gasteiger partial charge is 0.251 e. The summed E-state index contributed by atoms with van der Waals surface area (Å²) in [6, 6.07) is 18.5. The molecule has 2 aromatic carbocycles. The Bertz CT molecular complexity index is 901. The van der Waals surface area contributed by atoms with Crippen LogP contribution in [0.1, 0.15) is 32.7 Å². The Kier molecular flexibility index (Phi) is 6.59.